The minimum Gasteiger partial charge on any atom is -0.333 e. The summed E-state index contributed by atoms with van der Waals surface area (Å²) in [5, 5.41) is 0. The van der Waals surface area contributed by atoms with E-state index in [9.17, 15) is 4.79 Å². The van der Waals surface area contributed by atoms with Crippen LogP contribution in [0.15, 0.2) is 12.7 Å². The number of ether oxygens (including phenoxy) is 2. The number of halogens is 2. The second-order valence-corrected chi connectivity index (χ2v) is 3.72. The maximum absolute atomic E-state index is 11.5. The molecule has 0 radical (unpaired) electrons. The van der Waals surface area contributed by atoms with E-state index in [1.54, 1.807) is 6.08 Å². The number of hydrogen-bond donors (Lipinski definition) is 0. The molecule has 6 heteroatoms. The number of hydrogen-bond acceptors (Lipinski definition) is 3. The highest BCUT2D eigenvalue weighted by atomic mass is 35.5. The predicted molar refractivity (Wildman–Crippen MR) is 53.1 cm³/mol. The Labute approximate surface area is 92.4 Å². The number of alkyl halides is 2. The largest absolute Gasteiger partial charge is 0.333 e. The van der Waals surface area contributed by atoms with Gasteiger partial charge in [0, 0.05) is 6.54 Å². The zero-order valence-electron chi connectivity index (χ0n) is 7.49. The summed E-state index contributed by atoms with van der Waals surface area (Å²) in [4.78, 5) is 11.7. The Balaban J connectivity index is 2.61. The lowest BCUT2D eigenvalue weighted by Crippen LogP contribution is -2.43. The van der Waals surface area contributed by atoms with E-state index in [2.05, 4.69) is 6.58 Å². The SMILES string of the molecule is C=CCN(C(=O)C(Cl)Cl)C1OCCO1. The number of carbonyl (C=O) groups is 1. The molecule has 1 heterocycles. The van der Waals surface area contributed by atoms with E-state index in [0.717, 1.165) is 0 Å². The van der Waals surface area contributed by atoms with Crippen molar-refractivity contribution in [3.8, 4) is 0 Å². The third-order valence-corrected chi connectivity index (χ3v) is 2.03. The predicted octanol–water partition coefficient (Wildman–Crippen LogP) is 1.14. The van der Waals surface area contributed by atoms with E-state index in [1.165, 1.54) is 4.90 Å². The monoisotopic (exact) mass is 239 g/mol. The average molecular weight is 240 g/mol. The Morgan fingerprint density at radius 3 is 2.57 bits per heavy atom. The molecular formula is C8H11Cl2NO3. The van der Waals surface area contributed by atoms with Gasteiger partial charge in [-0.2, -0.15) is 0 Å². The van der Waals surface area contributed by atoms with Crippen LogP contribution in [0.3, 0.4) is 0 Å². The number of rotatable bonds is 4. The molecule has 0 unspecified atom stereocenters. The lowest BCUT2D eigenvalue weighted by Gasteiger charge is -2.26. The van der Waals surface area contributed by atoms with E-state index in [1.807, 2.05) is 0 Å². The van der Waals surface area contributed by atoms with Gasteiger partial charge in [-0.05, 0) is 0 Å². The Bertz CT molecular complexity index is 217. The van der Waals surface area contributed by atoms with Crippen molar-refractivity contribution in [1.29, 1.82) is 0 Å². The van der Waals surface area contributed by atoms with Crippen LogP contribution in [0.5, 0.6) is 0 Å². The molecule has 1 fully saturated rings. The lowest BCUT2D eigenvalue weighted by atomic mass is 10.5. The molecule has 80 valence electrons. The van der Waals surface area contributed by atoms with Crippen molar-refractivity contribution in [1.82, 2.24) is 4.90 Å². The van der Waals surface area contributed by atoms with Crippen LogP contribution in [0.4, 0.5) is 0 Å². The Hall–Kier alpha value is -0.290. The fourth-order valence-electron chi connectivity index (χ4n) is 1.07. The van der Waals surface area contributed by atoms with Crippen molar-refractivity contribution in [3.05, 3.63) is 12.7 Å². The van der Waals surface area contributed by atoms with Crippen LogP contribution < -0.4 is 0 Å². The maximum atomic E-state index is 11.5. The summed E-state index contributed by atoms with van der Waals surface area (Å²) in [6, 6.07) is 0. The molecule has 1 aliphatic heterocycles. The minimum absolute atomic E-state index is 0.291. The fourth-order valence-corrected chi connectivity index (χ4v) is 1.32. The Morgan fingerprint density at radius 2 is 2.14 bits per heavy atom. The summed E-state index contributed by atoms with van der Waals surface area (Å²) < 4.78 is 10.3. The highest BCUT2D eigenvalue weighted by Crippen LogP contribution is 2.15. The summed E-state index contributed by atoms with van der Waals surface area (Å²) in [6.45, 7) is 4.73. The van der Waals surface area contributed by atoms with E-state index >= 15 is 0 Å². The van der Waals surface area contributed by atoms with Gasteiger partial charge in [-0.15, -0.1) is 6.58 Å². The maximum Gasteiger partial charge on any atom is 0.260 e. The summed E-state index contributed by atoms with van der Waals surface area (Å²) in [5.41, 5.74) is 0. The first-order chi connectivity index (χ1) is 6.66. The summed E-state index contributed by atoms with van der Waals surface area (Å²) >= 11 is 10.9. The van der Waals surface area contributed by atoms with Crippen molar-refractivity contribution in [2.75, 3.05) is 19.8 Å². The molecule has 1 aliphatic rings. The van der Waals surface area contributed by atoms with Crippen LogP contribution in [0.2, 0.25) is 0 Å². The number of carbonyl (C=O) groups excluding carboxylic acids is 1. The molecule has 4 nitrogen and oxygen atoms in total. The van der Waals surface area contributed by atoms with Gasteiger partial charge in [0.05, 0.1) is 13.2 Å². The van der Waals surface area contributed by atoms with E-state index in [-0.39, 0.29) is 0 Å². The van der Waals surface area contributed by atoms with Crippen LogP contribution in [-0.4, -0.2) is 41.8 Å². The van der Waals surface area contributed by atoms with Gasteiger partial charge >= 0.3 is 0 Å². The van der Waals surface area contributed by atoms with E-state index in [4.69, 9.17) is 32.7 Å². The molecule has 1 rings (SSSR count). The molecular weight excluding hydrogens is 229 g/mol. The smallest absolute Gasteiger partial charge is 0.260 e. The number of amides is 1. The quantitative estimate of drug-likeness (QED) is 0.546. The van der Waals surface area contributed by atoms with Gasteiger partial charge in [0.1, 0.15) is 0 Å². The zero-order chi connectivity index (χ0) is 10.6. The Morgan fingerprint density at radius 1 is 1.57 bits per heavy atom. The zero-order valence-corrected chi connectivity index (χ0v) is 9.00. The minimum atomic E-state index is -1.11. The third-order valence-electron chi connectivity index (χ3n) is 1.65. The molecule has 1 saturated heterocycles. The topological polar surface area (TPSA) is 38.8 Å². The highest BCUT2D eigenvalue weighted by molar-refractivity contribution is 6.53. The van der Waals surface area contributed by atoms with Gasteiger partial charge in [-0.1, -0.05) is 29.3 Å². The van der Waals surface area contributed by atoms with Crippen molar-refractivity contribution in [3.63, 3.8) is 0 Å². The van der Waals surface area contributed by atoms with Crippen LogP contribution in [0, 0.1) is 0 Å². The first-order valence-corrected chi connectivity index (χ1v) is 4.97. The van der Waals surface area contributed by atoms with Crippen LogP contribution in [-0.2, 0) is 14.3 Å². The van der Waals surface area contributed by atoms with Gasteiger partial charge < -0.3 is 9.47 Å². The molecule has 0 atom stereocenters. The third kappa shape index (κ3) is 2.85. The van der Waals surface area contributed by atoms with Gasteiger partial charge in [0.25, 0.3) is 5.91 Å². The van der Waals surface area contributed by atoms with Crippen molar-refractivity contribution in [2.45, 2.75) is 11.3 Å². The first-order valence-electron chi connectivity index (χ1n) is 4.09. The molecule has 0 saturated carbocycles. The lowest BCUT2D eigenvalue weighted by molar-refractivity contribution is -0.171. The molecule has 1 amide bonds. The molecule has 0 aliphatic carbocycles. The molecule has 0 N–H and O–H groups in total. The Kier molecular flexibility index (Phi) is 4.68. The van der Waals surface area contributed by atoms with Crippen molar-refractivity contribution in [2.24, 2.45) is 0 Å². The molecule has 0 bridgehead atoms. The first kappa shape index (κ1) is 11.8. The van der Waals surface area contributed by atoms with Crippen LogP contribution in [0.1, 0.15) is 0 Å². The standard InChI is InChI=1S/C8H11Cl2NO3/c1-2-3-11(7(12)6(9)10)8-13-4-5-14-8/h2,6,8H,1,3-5H2. The van der Waals surface area contributed by atoms with Gasteiger partial charge in [-0.3, -0.25) is 9.69 Å². The summed E-state index contributed by atoms with van der Waals surface area (Å²) in [5.74, 6) is -0.444. The number of nitrogens with zero attached hydrogens (tertiary/aromatic N) is 1. The highest BCUT2D eigenvalue weighted by Gasteiger charge is 2.30. The van der Waals surface area contributed by atoms with Crippen LogP contribution >= 0.6 is 23.2 Å². The van der Waals surface area contributed by atoms with Crippen molar-refractivity contribution >= 4 is 29.1 Å². The molecule has 0 aromatic carbocycles. The summed E-state index contributed by atoms with van der Waals surface area (Å²) in [7, 11) is 0. The molecule has 14 heavy (non-hydrogen) atoms. The molecule has 0 spiro atoms. The molecule has 0 aromatic heterocycles. The molecule has 0 aromatic rings. The fraction of sp³-hybridized carbons (Fsp3) is 0.625. The average Bonchev–Trinajstić information content (AvgIpc) is 2.65. The van der Waals surface area contributed by atoms with E-state index < -0.39 is 17.2 Å². The second-order valence-electron chi connectivity index (χ2n) is 2.63. The summed E-state index contributed by atoms with van der Waals surface area (Å²) in [6.07, 6.45) is 0.861. The van der Waals surface area contributed by atoms with Gasteiger partial charge in [0.2, 0.25) is 6.41 Å². The van der Waals surface area contributed by atoms with Gasteiger partial charge in [-0.25, -0.2) is 0 Å². The van der Waals surface area contributed by atoms with Gasteiger partial charge in [0.15, 0.2) is 4.84 Å². The second kappa shape index (κ2) is 5.56. The van der Waals surface area contributed by atoms with E-state index in [0.29, 0.717) is 19.8 Å². The normalized spacial score (nSPS) is 17.4. The van der Waals surface area contributed by atoms with Crippen molar-refractivity contribution < 1.29 is 14.3 Å². The van der Waals surface area contributed by atoms with Crippen LogP contribution in [0.25, 0.3) is 0 Å².